The van der Waals surface area contributed by atoms with Gasteiger partial charge in [-0.05, 0) is 23.6 Å². The van der Waals surface area contributed by atoms with Crippen LogP contribution in [0.2, 0.25) is 0 Å². The van der Waals surface area contributed by atoms with Crippen LogP contribution in [0.25, 0.3) is 10.9 Å². The smallest absolute Gasteiger partial charge is 0.422 e. The number of fused-ring (bicyclic) bond motifs is 1. The Morgan fingerprint density at radius 2 is 2.00 bits per heavy atom. The summed E-state index contributed by atoms with van der Waals surface area (Å²) in [6.07, 6.45) is -4.38. The predicted octanol–water partition coefficient (Wildman–Crippen LogP) is 3.88. The van der Waals surface area contributed by atoms with E-state index in [1.165, 1.54) is 6.07 Å². The van der Waals surface area contributed by atoms with Crippen molar-refractivity contribution in [2.75, 3.05) is 12.3 Å². The van der Waals surface area contributed by atoms with Crippen molar-refractivity contribution < 1.29 is 17.9 Å². The van der Waals surface area contributed by atoms with Gasteiger partial charge in [-0.15, -0.1) is 0 Å². The van der Waals surface area contributed by atoms with Gasteiger partial charge in [-0.2, -0.15) is 13.2 Å². The van der Waals surface area contributed by atoms with Crippen molar-refractivity contribution >= 4 is 16.7 Å². The highest BCUT2D eigenvalue weighted by atomic mass is 19.4. The Hall–Kier alpha value is -1.98. The maximum Gasteiger partial charge on any atom is 0.422 e. The van der Waals surface area contributed by atoms with E-state index in [0.29, 0.717) is 16.7 Å². The van der Waals surface area contributed by atoms with E-state index in [0.717, 1.165) is 5.56 Å². The highest BCUT2D eigenvalue weighted by Crippen LogP contribution is 2.30. The molecule has 0 fully saturated rings. The molecule has 2 N–H and O–H groups in total. The number of nitrogen functional groups attached to an aromatic ring is 1. The predicted molar refractivity (Wildman–Crippen MR) is 71.8 cm³/mol. The fraction of sp³-hybridized carbons (Fsp3) is 0.357. The van der Waals surface area contributed by atoms with Gasteiger partial charge in [0, 0.05) is 5.39 Å². The Labute approximate surface area is 114 Å². The minimum atomic E-state index is -4.38. The molecule has 1 aromatic heterocycles. The van der Waals surface area contributed by atoms with Crippen LogP contribution in [0.5, 0.6) is 5.75 Å². The van der Waals surface area contributed by atoms with Crippen molar-refractivity contribution in [3.05, 3.63) is 29.8 Å². The molecule has 3 nitrogen and oxygen atoms in total. The van der Waals surface area contributed by atoms with Crippen molar-refractivity contribution in [2.24, 2.45) is 0 Å². The third-order valence-electron chi connectivity index (χ3n) is 2.88. The van der Waals surface area contributed by atoms with E-state index < -0.39 is 12.8 Å². The van der Waals surface area contributed by atoms with Crippen LogP contribution in [-0.4, -0.2) is 17.8 Å². The van der Waals surface area contributed by atoms with E-state index in [1.54, 1.807) is 12.1 Å². The van der Waals surface area contributed by atoms with E-state index in [4.69, 9.17) is 10.5 Å². The number of hydrogen-bond acceptors (Lipinski definition) is 3. The van der Waals surface area contributed by atoms with Gasteiger partial charge in [-0.25, -0.2) is 4.98 Å². The van der Waals surface area contributed by atoms with Gasteiger partial charge < -0.3 is 10.5 Å². The zero-order chi connectivity index (χ0) is 14.9. The number of pyridine rings is 1. The van der Waals surface area contributed by atoms with Crippen molar-refractivity contribution in [3.63, 3.8) is 0 Å². The molecule has 0 saturated heterocycles. The van der Waals surface area contributed by atoms with Crippen LogP contribution < -0.4 is 10.5 Å². The molecular weight excluding hydrogens is 269 g/mol. The van der Waals surface area contributed by atoms with E-state index in [9.17, 15) is 13.2 Å². The summed E-state index contributed by atoms with van der Waals surface area (Å²) in [5.74, 6) is 0.587. The van der Waals surface area contributed by atoms with Crippen LogP contribution in [0.1, 0.15) is 25.3 Å². The summed E-state index contributed by atoms with van der Waals surface area (Å²) in [6, 6.07) is 6.70. The third kappa shape index (κ3) is 3.12. The molecule has 2 aromatic rings. The van der Waals surface area contributed by atoms with Crippen molar-refractivity contribution in [1.29, 1.82) is 0 Å². The SMILES string of the molecule is CC(C)c1cc2cccc(OCC(F)(F)F)c2nc1N. The van der Waals surface area contributed by atoms with Crippen molar-refractivity contribution in [2.45, 2.75) is 25.9 Å². The average molecular weight is 284 g/mol. The minimum absolute atomic E-state index is 0.0850. The molecule has 0 amide bonds. The second kappa shape index (κ2) is 5.19. The molecule has 0 unspecified atom stereocenters. The van der Waals surface area contributed by atoms with Gasteiger partial charge in [0.2, 0.25) is 0 Å². The molecule has 0 aliphatic rings. The largest absolute Gasteiger partial charge is 0.482 e. The molecule has 0 radical (unpaired) electrons. The first kappa shape index (κ1) is 14.4. The lowest BCUT2D eigenvalue weighted by molar-refractivity contribution is -0.153. The lowest BCUT2D eigenvalue weighted by Gasteiger charge is -2.14. The maximum atomic E-state index is 12.2. The standard InChI is InChI=1S/C14H15F3N2O/c1-8(2)10-6-9-4-3-5-11(12(9)19-13(10)18)20-7-14(15,16)17/h3-6,8H,7H2,1-2H3,(H2,18,19). The van der Waals surface area contributed by atoms with Crippen LogP contribution >= 0.6 is 0 Å². The molecule has 20 heavy (non-hydrogen) atoms. The molecule has 0 aliphatic heterocycles. The second-order valence-corrected chi connectivity index (χ2v) is 4.85. The molecular formula is C14H15F3N2O. The van der Waals surface area contributed by atoms with Gasteiger partial charge in [-0.3, -0.25) is 0 Å². The first-order valence-electron chi connectivity index (χ1n) is 6.16. The summed E-state index contributed by atoms with van der Waals surface area (Å²) >= 11 is 0. The van der Waals surface area contributed by atoms with Gasteiger partial charge in [0.05, 0.1) is 0 Å². The first-order chi connectivity index (χ1) is 9.28. The maximum absolute atomic E-state index is 12.2. The zero-order valence-electron chi connectivity index (χ0n) is 11.2. The zero-order valence-corrected chi connectivity index (χ0v) is 11.2. The Balaban J connectivity index is 2.45. The summed E-state index contributed by atoms with van der Waals surface area (Å²) in [5.41, 5.74) is 7.06. The van der Waals surface area contributed by atoms with Crippen LogP contribution in [0.3, 0.4) is 0 Å². The number of anilines is 1. The molecule has 0 bridgehead atoms. The summed E-state index contributed by atoms with van der Waals surface area (Å²) < 4.78 is 41.5. The third-order valence-corrected chi connectivity index (χ3v) is 2.88. The number of alkyl halides is 3. The monoisotopic (exact) mass is 284 g/mol. The topological polar surface area (TPSA) is 48.1 Å². The molecule has 2 rings (SSSR count). The number of hydrogen-bond donors (Lipinski definition) is 1. The molecule has 6 heteroatoms. The molecule has 0 aliphatic carbocycles. The summed E-state index contributed by atoms with van der Waals surface area (Å²) in [6.45, 7) is 2.60. The van der Waals surface area contributed by atoms with E-state index in [2.05, 4.69) is 4.98 Å². The summed E-state index contributed by atoms with van der Waals surface area (Å²) in [7, 11) is 0. The molecule has 0 saturated carbocycles. The number of benzene rings is 1. The molecule has 1 aromatic carbocycles. The highest BCUT2D eigenvalue weighted by molar-refractivity contribution is 5.86. The number of rotatable bonds is 3. The average Bonchev–Trinajstić information content (AvgIpc) is 2.34. The number of aromatic nitrogens is 1. The van der Waals surface area contributed by atoms with E-state index >= 15 is 0 Å². The Kier molecular flexibility index (Phi) is 3.74. The Morgan fingerprint density at radius 3 is 2.60 bits per heavy atom. The molecule has 1 heterocycles. The number of ether oxygens (including phenoxy) is 1. The lowest BCUT2D eigenvalue weighted by atomic mass is 10.0. The quantitative estimate of drug-likeness (QED) is 0.930. The van der Waals surface area contributed by atoms with Crippen LogP contribution in [0, 0.1) is 0 Å². The molecule has 0 spiro atoms. The number of halogens is 3. The van der Waals surface area contributed by atoms with E-state index in [1.807, 2.05) is 19.9 Å². The molecule has 108 valence electrons. The van der Waals surface area contributed by atoms with Gasteiger partial charge in [0.1, 0.15) is 17.1 Å². The van der Waals surface area contributed by atoms with Crippen molar-refractivity contribution in [1.82, 2.24) is 4.98 Å². The van der Waals surface area contributed by atoms with Crippen LogP contribution in [-0.2, 0) is 0 Å². The Bertz CT molecular complexity index is 624. The van der Waals surface area contributed by atoms with Crippen LogP contribution in [0.4, 0.5) is 19.0 Å². The fourth-order valence-electron chi connectivity index (χ4n) is 1.94. The van der Waals surface area contributed by atoms with Gasteiger partial charge in [0.15, 0.2) is 6.61 Å². The second-order valence-electron chi connectivity index (χ2n) is 4.85. The van der Waals surface area contributed by atoms with E-state index in [-0.39, 0.29) is 11.7 Å². The minimum Gasteiger partial charge on any atom is -0.482 e. The fourth-order valence-corrected chi connectivity index (χ4v) is 1.94. The summed E-state index contributed by atoms with van der Waals surface area (Å²) in [4.78, 5) is 4.18. The highest BCUT2D eigenvalue weighted by Gasteiger charge is 2.28. The van der Waals surface area contributed by atoms with Gasteiger partial charge in [-0.1, -0.05) is 26.0 Å². The lowest BCUT2D eigenvalue weighted by Crippen LogP contribution is -2.19. The van der Waals surface area contributed by atoms with Crippen LogP contribution in [0.15, 0.2) is 24.3 Å². The summed E-state index contributed by atoms with van der Waals surface area (Å²) in [5, 5.41) is 0.711. The number of nitrogens with zero attached hydrogens (tertiary/aromatic N) is 1. The number of nitrogens with two attached hydrogens (primary N) is 1. The normalized spacial score (nSPS) is 12.1. The first-order valence-corrected chi connectivity index (χ1v) is 6.16. The molecule has 0 atom stereocenters. The number of para-hydroxylation sites is 1. The van der Waals surface area contributed by atoms with Gasteiger partial charge in [0.25, 0.3) is 0 Å². The van der Waals surface area contributed by atoms with Crippen molar-refractivity contribution in [3.8, 4) is 5.75 Å². The van der Waals surface area contributed by atoms with Gasteiger partial charge >= 0.3 is 6.18 Å². The Morgan fingerprint density at radius 1 is 1.30 bits per heavy atom.